The molecule has 0 aliphatic heterocycles. The van der Waals surface area contributed by atoms with Gasteiger partial charge in [-0.3, -0.25) is 4.68 Å². The fourth-order valence-electron chi connectivity index (χ4n) is 1.37. The Morgan fingerprint density at radius 1 is 1.71 bits per heavy atom. The third-order valence-corrected chi connectivity index (χ3v) is 2.04. The second kappa shape index (κ2) is 4.97. The summed E-state index contributed by atoms with van der Waals surface area (Å²) in [6.45, 7) is 2.98. The standard InChI is InChI=1S/C9H17N3O2/c1-3-4-12-9(7(13)5-10)8(14-2)6-11-12/h6-7,13H,3-5,10H2,1-2H3. The van der Waals surface area contributed by atoms with Gasteiger partial charge in [0.2, 0.25) is 0 Å². The van der Waals surface area contributed by atoms with Crippen molar-refractivity contribution in [3.8, 4) is 5.75 Å². The van der Waals surface area contributed by atoms with Gasteiger partial charge in [-0.05, 0) is 6.42 Å². The predicted octanol–water partition coefficient (Wildman–Crippen LogP) is 0.294. The van der Waals surface area contributed by atoms with Crippen molar-refractivity contribution in [3.63, 3.8) is 0 Å². The Hall–Kier alpha value is -1.07. The minimum absolute atomic E-state index is 0.172. The molecule has 1 heterocycles. The predicted molar refractivity (Wildman–Crippen MR) is 53.1 cm³/mol. The Labute approximate surface area is 83.5 Å². The van der Waals surface area contributed by atoms with Gasteiger partial charge in [0.1, 0.15) is 11.8 Å². The van der Waals surface area contributed by atoms with E-state index in [-0.39, 0.29) is 6.54 Å². The van der Waals surface area contributed by atoms with Crippen molar-refractivity contribution in [2.24, 2.45) is 5.73 Å². The summed E-state index contributed by atoms with van der Waals surface area (Å²) in [4.78, 5) is 0. The number of aliphatic hydroxyl groups excluding tert-OH is 1. The van der Waals surface area contributed by atoms with E-state index in [1.807, 2.05) is 6.92 Å². The van der Waals surface area contributed by atoms with E-state index in [9.17, 15) is 5.11 Å². The summed E-state index contributed by atoms with van der Waals surface area (Å²) in [6.07, 6.45) is 1.85. The smallest absolute Gasteiger partial charge is 0.162 e. The van der Waals surface area contributed by atoms with E-state index in [1.54, 1.807) is 18.0 Å². The van der Waals surface area contributed by atoms with Crippen LogP contribution in [-0.4, -0.2) is 28.5 Å². The number of aryl methyl sites for hydroxylation is 1. The molecule has 80 valence electrons. The molecule has 0 radical (unpaired) electrons. The van der Waals surface area contributed by atoms with E-state index in [4.69, 9.17) is 10.5 Å². The maximum absolute atomic E-state index is 9.67. The van der Waals surface area contributed by atoms with Crippen LogP contribution in [0.2, 0.25) is 0 Å². The van der Waals surface area contributed by atoms with Gasteiger partial charge in [0.25, 0.3) is 0 Å². The summed E-state index contributed by atoms with van der Waals surface area (Å²) in [5.74, 6) is 0.594. The summed E-state index contributed by atoms with van der Waals surface area (Å²) in [7, 11) is 1.56. The SMILES string of the molecule is CCCn1ncc(OC)c1C(O)CN. The lowest BCUT2D eigenvalue weighted by molar-refractivity contribution is 0.170. The molecule has 5 heteroatoms. The Balaban J connectivity index is 2.99. The summed E-state index contributed by atoms with van der Waals surface area (Å²) in [5, 5.41) is 13.8. The number of hydrogen-bond acceptors (Lipinski definition) is 4. The van der Waals surface area contributed by atoms with E-state index < -0.39 is 6.10 Å². The quantitative estimate of drug-likeness (QED) is 0.715. The Kier molecular flexibility index (Phi) is 3.91. The van der Waals surface area contributed by atoms with Gasteiger partial charge in [0, 0.05) is 13.1 Å². The van der Waals surface area contributed by atoms with Crippen molar-refractivity contribution >= 4 is 0 Å². The molecule has 0 aromatic carbocycles. The zero-order chi connectivity index (χ0) is 10.6. The summed E-state index contributed by atoms with van der Waals surface area (Å²) in [5.41, 5.74) is 6.07. The first-order chi connectivity index (χ1) is 6.74. The van der Waals surface area contributed by atoms with Crippen LogP contribution in [0.1, 0.15) is 25.1 Å². The van der Waals surface area contributed by atoms with Gasteiger partial charge in [-0.25, -0.2) is 0 Å². The molecule has 0 spiro atoms. The van der Waals surface area contributed by atoms with Crippen LogP contribution >= 0.6 is 0 Å². The highest BCUT2D eigenvalue weighted by molar-refractivity contribution is 5.27. The number of aliphatic hydroxyl groups is 1. The van der Waals surface area contributed by atoms with Gasteiger partial charge in [0.15, 0.2) is 5.75 Å². The lowest BCUT2D eigenvalue weighted by Gasteiger charge is -2.12. The van der Waals surface area contributed by atoms with E-state index in [0.717, 1.165) is 13.0 Å². The monoisotopic (exact) mass is 199 g/mol. The van der Waals surface area contributed by atoms with E-state index >= 15 is 0 Å². The first-order valence-corrected chi connectivity index (χ1v) is 4.72. The minimum atomic E-state index is -0.709. The van der Waals surface area contributed by atoms with Crippen LogP contribution in [0.25, 0.3) is 0 Å². The van der Waals surface area contributed by atoms with Crippen LogP contribution < -0.4 is 10.5 Å². The second-order valence-corrected chi connectivity index (χ2v) is 3.07. The maximum Gasteiger partial charge on any atom is 0.162 e. The third kappa shape index (κ3) is 2.05. The van der Waals surface area contributed by atoms with E-state index in [1.165, 1.54) is 0 Å². The molecule has 1 aromatic rings. The molecule has 1 rings (SSSR count). The van der Waals surface area contributed by atoms with Crippen molar-refractivity contribution in [1.82, 2.24) is 9.78 Å². The molecule has 0 aliphatic carbocycles. The van der Waals surface area contributed by atoms with Crippen LogP contribution in [0.15, 0.2) is 6.20 Å². The van der Waals surface area contributed by atoms with Crippen LogP contribution in [0.5, 0.6) is 5.75 Å². The molecular formula is C9H17N3O2. The van der Waals surface area contributed by atoms with Gasteiger partial charge < -0.3 is 15.6 Å². The number of nitrogens with two attached hydrogens (primary N) is 1. The summed E-state index contributed by atoms with van der Waals surface area (Å²) < 4.78 is 6.83. The number of nitrogens with zero attached hydrogens (tertiary/aromatic N) is 2. The molecule has 0 fully saturated rings. The van der Waals surface area contributed by atoms with Crippen LogP contribution in [0, 0.1) is 0 Å². The van der Waals surface area contributed by atoms with Gasteiger partial charge in [-0.15, -0.1) is 0 Å². The van der Waals surface area contributed by atoms with Crippen LogP contribution in [0.3, 0.4) is 0 Å². The van der Waals surface area contributed by atoms with Crippen molar-refractivity contribution in [2.75, 3.05) is 13.7 Å². The molecule has 0 amide bonds. The topological polar surface area (TPSA) is 73.3 Å². The zero-order valence-corrected chi connectivity index (χ0v) is 8.60. The first kappa shape index (κ1) is 11.0. The van der Waals surface area contributed by atoms with Gasteiger partial charge >= 0.3 is 0 Å². The number of methoxy groups -OCH3 is 1. The first-order valence-electron chi connectivity index (χ1n) is 4.72. The average molecular weight is 199 g/mol. The second-order valence-electron chi connectivity index (χ2n) is 3.07. The number of aromatic nitrogens is 2. The number of hydrogen-bond donors (Lipinski definition) is 2. The highest BCUT2D eigenvalue weighted by Gasteiger charge is 2.17. The van der Waals surface area contributed by atoms with E-state index in [0.29, 0.717) is 11.4 Å². The van der Waals surface area contributed by atoms with Gasteiger partial charge in [0.05, 0.1) is 13.3 Å². The Morgan fingerprint density at radius 3 is 2.93 bits per heavy atom. The molecule has 5 nitrogen and oxygen atoms in total. The Bertz CT molecular complexity index is 286. The fraction of sp³-hybridized carbons (Fsp3) is 0.667. The molecular weight excluding hydrogens is 182 g/mol. The van der Waals surface area contributed by atoms with Crippen LogP contribution in [0.4, 0.5) is 0 Å². The van der Waals surface area contributed by atoms with Crippen molar-refractivity contribution in [3.05, 3.63) is 11.9 Å². The van der Waals surface area contributed by atoms with Crippen molar-refractivity contribution < 1.29 is 9.84 Å². The summed E-state index contributed by atoms with van der Waals surface area (Å²) >= 11 is 0. The van der Waals surface area contributed by atoms with Gasteiger partial charge in [-0.2, -0.15) is 5.10 Å². The normalized spacial score (nSPS) is 12.9. The molecule has 1 unspecified atom stereocenters. The molecule has 14 heavy (non-hydrogen) atoms. The molecule has 0 aliphatic rings. The van der Waals surface area contributed by atoms with Crippen molar-refractivity contribution in [1.29, 1.82) is 0 Å². The highest BCUT2D eigenvalue weighted by atomic mass is 16.5. The van der Waals surface area contributed by atoms with Gasteiger partial charge in [-0.1, -0.05) is 6.92 Å². The minimum Gasteiger partial charge on any atom is -0.493 e. The molecule has 0 saturated carbocycles. The third-order valence-electron chi connectivity index (χ3n) is 2.04. The van der Waals surface area contributed by atoms with E-state index in [2.05, 4.69) is 5.10 Å². The fourth-order valence-corrected chi connectivity index (χ4v) is 1.37. The molecule has 1 aromatic heterocycles. The number of ether oxygens (including phenoxy) is 1. The molecule has 0 saturated heterocycles. The lowest BCUT2D eigenvalue weighted by atomic mass is 10.2. The maximum atomic E-state index is 9.67. The molecule has 1 atom stereocenters. The number of rotatable bonds is 5. The summed E-state index contributed by atoms with van der Waals surface area (Å²) in [6, 6.07) is 0. The zero-order valence-electron chi connectivity index (χ0n) is 8.60. The van der Waals surface area contributed by atoms with Crippen LogP contribution in [-0.2, 0) is 6.54 Å². The average Bonchev–Trinajstić information content (AvgIpc) is 2.60. The largest absolute Gasteiger partial charge is 0.493 e. The highest BCUT2D eigenvalue weighted by Crippen LogP contribution is 2.24. The Morgan fingerprint density at radius 2 is 2.43 bits per heavy atom. The molecule has 3 N–H and O–H groups in total. The molecule has 0 bridgehead atoms. The lowest BCUT2D eigenvalue weighted by Crippen LogP contribution is -2.17. The van der Waals surface area contributed by atoms with Crippen molar-refractivity contribution in [2.45, 2.75) is 26.0 Å².